The van der Waals surface area contributed by atoms with Gasteiger partial charge >= 0.3 is 6.09 Å². The van der Waals surface area contributed by atoms with Gasteiger partial charge in [0.1, 0.15) is 11.4 Å². The molecule has 0 aliphatic carbocycles. The van der Waals surface area contributed by atoms with Gasteiger partial charge in [-0.05, 0) is 83.7 Å². The number of nitrogens with one attached hydrogen (secondary N) is 1. The van der Waals surface area contributed by atoms with Gasteiger partial charge in [-0.3, -0.25) is 5.32 Å². The zero-order valence-electron chi connectivity index (χ0n) is 15.8. The lowest BCUT2D eigenvalue weighted by molar-refractivity contribution is 0.0635. The van der Waals surface area contributed by atoms with E-state index in [4.69, 9.17) is 4.74 Å². The van der Waals surface area contributed by atoms with Crippen molar-refractivity contribution in [3.05, 3.63) is 23.4 Å². The number of carbonyl (C=O) groups excluding carboxylic acids is 1. The average molecular weight is 333 g/mol. The highest BCUT2D eigenvalue weighted by atomic mass is 16.6. The minimum atomic E-state index is -0.515. The molecule has 1 aliphatic rings. The molecule has 134 valence electrons. The molecule has 2 unspecified atom stereocenters. The second-order valence-electron chi connectivity index (χ2n) is 8.14. The number of pyridine rings is 1. The summed E-state index contributed by atoms with van der Waals surface area (Å²) in [5, 5.41) is 2.75. The molecule has 5 nitrogen and oxygen atoms in total. The van der Waals surface area contributed by atoms with Gasteiger partial charge in [0, 0.05) is 12.2 Å². The van der Waals surface area contributed by atoms with Gasteiger partial charge in [0.05, 0.1) is 0 Å². The summed E-state index contributed by atoms with van der Waals surface area (Å²) >= 11 is 0. The highest BCUT2D eigenvalue weighted by Crippen LogP contribution is 2.26. The van der Waals surface area contributed by atoms with Crippen LogP contribution < -0.4 is 5.32 Å². The van der Waals surface area contributed by atoms with Crippen molar-refractivity contribution in [1.29, 1.82) is 0 Å². The molecular weight excluding hydrogens is 302 g/mol. The fourth-order valence-corrected chi connectivity index (χ4v) is 3.18. The van der Waals surface area contributed by atoms with Crippen molar-refractivity contribution in [1.82, 2.24) is 9.88 Å². The second-order valence-corrected chi connectivity index (χ2v) is 8.14. The number of hydrogen-bond acceptors (Lipinski definition) is 4. The Morgan fingerprint density at radius 1 is 1.42 bits per heavy atom. The number of rotatable bonds is 3. The first-order valence-corrected chi connectivity index (χ1v) is 8.78. The standard InChI is InChI=1S/C19H31N3O2/c1-13-9-16(11-15-12-22(6)8-7-14(15)2)20-17(10-13)21-18(23)24-19(3,4)5/h9-10,14-15H,7-8,11-12H2,1-6H3,(H,20,21,23). The summed E-state index contributed by atoms with van der Waals surface area (Å²) in [4.78, 5) is 19.0. The van der Waals surface area contributed by atoms with Crippen LogP contribution in [-0.2, 0) is 11.2 Å². The molecule has 0 bridgehead atoms. The van der Waals surface area contributed by atoms with E-state index in [0.29, 0.717) is 17.7 Å². The number of anilines is 1. The molecule has 2 rings (SSSR count). The summed E-state index contributed by atoms with van der Waals surface area (Å²) in [6.07, 6.45) is 1.71. The SMILES string of the molecule is Cc1cc(CC2CN(C)CCC2C)nc(NC(=O)OC(C)(C)C)c1. The monoisotopic (exact) mass is 333 g/mol. The molecule has 1 amide bonds. The van der Waals surface area contributed by atoms with E-state index in [2.05, 4.69) is 35.2 Å². The summed E-state index contributed by atoms with van der Waals surface area (Å²) in [6.45, 7) is 12.2. The van der Waals surface area contributed by atoms with Crippen LogP contribution in [0.25, 0.3) is 0 Å². The Morgan fingerprint density at radius 2 is 2.12 bits per heavy atom. The topological polar surface area (TPSA) is 54.5 Å². The van der Waals surface area contributed by atoms with Crippen molar-refractivity contribution in [3.63, 3.8) is 0 Å². The number of piperidine rings is 1. The summed E-state index contributed by atoms with van der Waals surface area (Å²) in [7, 11) is 2.18. The number of hydrogen-bond donors (Lipinski definition) is 1. The normalized spacial score (nSPS) is 22.2. The van der Waals surface area contributed by atoms with E-state index in [1.807, 2.05) is 33.8 Å². The summed E-state index contributed by atoms with van der Waals surface area (Å²) in [5.41, 5.74) is 1.62. The number of amides is 1. The minimum Gasteiger partial charge on any atom is -0.444 e. The van der Waals surface area contributed by atoms with E-state index >= 15 is 0 Å². The van der Waals surface area contributed by atoms with Crippen molar-refractivity contribution < 1.29 is 9.53 Å². The lowest BCUT2D eigenvalue weighted by Crippen LogP contribution is -2.38. The maximum atomic E-state index is 12.0. The van der Waals surface area contributed by atoms with Crippen LogP contribution in [0.1, 0.15) is 45.4 Å². The highest BCUT2D eigenvalue weighted by Gasteiger charge is 2.25. The molecule has 0 radical (unpaired) electrons. The lowest BCUT2D eigenvalue weighted by Gasteiger charge is -2.34. The van der Waals surface area contributed by atoms with E-state index in [0.717, 1.165) is 24.2 Å². The summed E-state index contributed by atoms with van der Waals surface area (Å²) in [5.74, 6) is 1.87. The molecule has 2 heterocycles. The first-order valence-electron chi connectivity index (χ1n) is 8.78. The van der Waals surface area contributed by atoms with Crippen molar-refractivity contribution in [3.8, 4) is 0 Å². The zero-order valence-corrected chi connectivity index (χ0v) is 15.8. The van der Waals surface area contributed by atoms with Crippen LogP contribution in [0.15, 0.2) is 12.1 Å². The first-order chi connectivity index (χ1) is 11.1. The molecule has 2 atom stereocenters. The largest absolute Gasteiger partial charge is 0.444 e. The molecule has 5 heteroatoms. The molecule has 1 aromatic rings. The van der Waals surface area contributed by atoms with E-state index in [-0.39, 0.29) is 0 Å². The smallest absolute Gasteiger partial charge is 0.413 e. The highest BCUT2D eigenvalue weighted by molar-refractivity contribution is 5.83. The first kappa shape index (κ1) is 18.7. The van der Waals surface area contributed by atoms with Crippen molar-refractivity contribution >= 4 is 11.9 Å². The quantitative estimate of drug-likeness (QED) is 0.912. The molecular formula is C19H31N3O2. The summed E-state index contributed by atoms with van der Waals surface area (Å²) in [6, 6.07) is 3.99. The number of carbonyl (C=O) groups is 1. The Balaban J connectivity index is 2.06. The summed E-state index contributed by atoms with van der Waals surface area (Å²) < 4.78 is 5.31. The lowest BCUT2D eigenvalue weighted by atomic mass is 9.84. The zero-order chi connectivity index (χ0) is 17.9. The number of aryl methyl sites for hydroxylation is 1. The van der Waals surface area contributed by atoms with Crippen molar-refractivity contribution in [2.75, 3.05) is 25.5 Å². The van der Waals surface area contributed by atoms with Crippen LogP contribution in [0.4, 0.5) is 10.6 Å². The van der Waals surface area contributed by atoms with Crippen LogP contribution in [-0.4, -0.2) is 41.7 Å². The van der Waals surface area contributed by atoms with Gasteiger partial charge in [-0.15, -0.1) is 0 Å². The maximum Gasteiger partial charge on any atom is 0.413 e. The third-order valence-corrected chi connectivity index (χ3v) is 4.44. The van der Waals surface area contributed by atoms with Gasteiger partial charge in [0.15, 0.2) is 0 Å². The minimum absolute atomic E-state index is 0.461. The molecule has 0 saturated carbocycles. The van der Waals surface area contributed by atoms with E-state index in [1.54, 1.807) is 0 Å². The Labute approximate surface area is 145 Å². The number of likely N-dealkylation sites (tertiary alicyclic amines) is 1. The predicted octanol–water partition coefficient (Wildman–Crippen LogP) is 3.87. The number of aromatic nitrogens is 1. The van der Waals surface area contributed by atoms with E-state index in [1.165, 1.54) is 13.0 Å². The molecule has 0 aromatic carbocycles. The average Bonchev–Trinajstić information content (AvgIpc) is 2.40. The Bertz CT molecular complexity index is 580. The Kier molecular flexibility index (Phi) is 5.86. The predicted molar refractivity (Wildman–Crippen MR) is 97.3 cm³/mol. The van der Waals surface area contributed by atoms with Crippen LogP contribution in [0.2, 0.25) is 0 Å². The van der Waals surface area contributed by atoms with Crippen LogP contribution in [0, 0.1) is 18.8 Å². The molecule has 0 spiro atoms. The molecule has 1 saturated heterocycles. The van der Waals surface area contributed by atoms with Gasteiger partial charge in [0.2, 0.25) is 0 Å². The second kappa shape index (κ2) is 7.51. The van der Waals surface area contributed by atoms with E-state index < -0.39 is 11.7 Å². The molecule has 1 N–H and O–H groups in total. The van der Waals surface area contributed by atoms with Crippen LogP contribution >= 0.6 is 0 Å². The van der Waals surface area contributed by atoms with Gasteiger partial charge in [-0.1, -0.05) is 6.92 Å². The van der Waals surface area contributed by atoms with E-state index in [9.17, 15) is 4.79 Å². The van der Waals surface area contributed by atoms with Gasteiger partial charge in [0.25, 0.3) is 0 Å². The Morgan fingerprint density at radius 3 is 2.79 bits per heavy atom. The van der Waals surface area contributed by atoms with Crippen molar-refractivity contribution in [2.24, 2.45) is 11.8 Å². The molecule has 1 fully saturated rings. The van der Waals surface area contributed by atoms with Gasteiger partial charge in [-0.25, -0.2) is 9.78 Å². The van der Waals surface area contributed by atoms with Crippen LogP contribution in [0.3, 0.4) is 0 Å². The molecule has 24 heavy (non-hydrogen) atoms. The number of nitrogens with zero attached hydrogens (tertiary/aromatic N) is 2. The third kappa shape index (κ3) is 5.78. The van der Waals surface area contributed by atoms with Gasteiger partial charge in [-0.2, -0.15) is 0 Å². The molecule has 1 aromatic heterocycles. The molecule has 1 aliphatic heterocycles. The third-order valence-electron chi connectivity index (χ3n) is 4.44. The Hall–Kier alpha value is -1.62. The fourth-order valence-electron chi connectivity index (χ4n) is 3.18. The number of ether oxygens (including phenoxy) is 1. The maximum absolute atomic E-state index is 12.0. The fraction of sp³-hybridized carbons (Fsp3) is 0.684. The van der Waals surface area contributed by atoms with Crippen LogP contribution in [0.5, 0.6) is 0 Å². The van der Waals surface area contributed by atoms with Crippen molar-refractivity contribution in [2.45, 2.75) is 53.1 Å². The van der Waals surface area contributed by atoms with Gasteiger partial charge < -0.3 is 9.64 Å².